The number of aliphatic hydroxyl groups excluding tert-OH is 1. The average molecular weight is 155 g/mol. The summed E-state index contributed by atoms with van der Waals surface area (Å²) in [6, 6.07) is 4.26. The molecule has 3 heteroatoms. The van der Waals surface area contributed by atoms with Gasteiger partial charge in [-0.05, 0) is 11.4 Å². The van der Waals surface area contributed by atoms with Crippen LogP contribution in [0.1, 0.15) is 10.9 Å². The monoisotopic (exact) mass is 155 g/mol. The van der Waals surface area contributed by atoms with E-state index in [2.05, 4.69) is 5.32 Å². The molecule has 1 aromatic heterocycles. The molecule has 0 amide bonds. The summed E-state index contributed by atoms with van der Waals surface area (Å²) < 4.78 is 0. The van der Waals surface area contributed by atoms with Gasteiger partial charge < -0.3 is 10.4 Å². The molecule has 2 atom stereocenters. The van der Waals surface area contributed by atoms with E-state index in [1.54, 1.807) is 11.3 Å². The summed E-state index contributed by atoms with van der Waals surface area (Å²) >= 11 is 1.69. The lowest BCUT2D eigenvalue weighted by Crippen LogP contribution is -2.49. The second-order valence-corrected chi connectivity index (χ2v) is 3.45. The van der Waals surface area contributed by atoms with E-state index in [9.17, 15) is 5.11 Å². The van der Waals surface area contributed by atoms with E-state index in [0.29, 0.717) is 0 Å². The molecule has 0 aliphatic carbocycles. The number of aliphatic hydroxyl groups is 1. The van der Waals surface area contributed by atoms with Gasteiger partial charge in [-0.3, -0.25) is 0 Å². The molecule has 2 N–H and O–H groups in total. The fourth-order valence-electron chi connectivity index (χ4n) is 1.10. The van der Waals surface area contributed by atoms with Crippen molar-refractivity contribution in [2.45, 2.75) is 12.1 Å². The summed E-state index contributed by atoms with van der Waals surface area (Å²) in [6.45, 7) is 0.739. The van der Waals surface area contributed by atoms with E-state index in [0.717, 1.165) is 6.54 Å². The van der Waals surface area contributed by atoms with Crippen molar-refractivity contribution in [3.63, 3.8) is 0 Å². The molecule has 0 saturated carbocycles. The molecule has 2 rings (SSSR count). The van der Waals surface area contributed by atoms with Gasteiger partial charge in [-0.2, -0.15) is 0 Å². The summed E-state index contributed by atoms with van der Waals surface area (Å²) in [6.07, 6.45) is -0.168. The van der Waals surface area contributed by atoms with Crippen LogP contribution in [-0.4, -0.2) is 17.8 Å². The lowest BCUT2D eigenvalue weighted by atomic mass is 10.0. The second kappa shape index (κ2) is 2.34. The Hall–Kier alpha value is -0.380. The molecule has 1 fully saturated rings. The Morgan fingerprint density at radius 3 is 3.00 bits per heavy atom. The molecule has 1 aromatic rings. The highest BCUT2D eigenvalue weighted by Crippen LogP contribution is 2.26. The van der Waals surface area contributed by atoms with Gasteiger partial charge >= 0.3 is 0 Å². The zero-order valence-electron chi connectivity index (χ0n) is 5.45. The Morgan fingerprint density at radius 1 is 1.70 bits per heavy atom. The SMILES string of the molecule is OC1CNC1c1cccs1. The molecule has 1 aliphatic heterocycles. The summed E-state index contributed by atoms with van der Waals surface area (Å²) in [5.41, 5.74) is 0. The Bertz CT molecular complexity index is 209. The third-order valence-corrected chi connectivity index (χ3v) is 2.74. The molecule has 0 bridgehead atoms. The zero-order chi connectivity index (χ0) is 6.97. The fourth-order valence-corrected chi connectivity index (χ4v) is 1.96. The maximum Gasteiger partial charge on any atom is 0.0867 e. The molecule has 2 nitrogen and oxygen atoms in total. The third kappa shape index (κ3) is 0.868. The quantitative estimate of drug-likeness (QED) is 0.627. The Balaban J connectivity index is 2.14. The predicted octanol–water partition coefficient (Wildman–Crippen LogP) is 0.753. The first-order valence-corrected chi connectivity index (χ1v) is 4.21. The van der Waals surface area contributed by atoms with Crippen LogP contribution in [0.4, 0.5) is 0 Å². The van der Waals surface area contributed by atoms with Gasteiger partial charge in [-0.15, -0.1) is 11.3 Å². The lowest BCUT2D eigenvalue weighted by molar-refractivity contribution is 0.0628. The standard InChI is InChI=1S/C7H9NOS/c9-5-4-8-7(5)6-2-1-3-10-6/h1-3,5,7-9H,4H2. The van der Waals surface area contributed by atoms with Crippen LogP contribution in [0.5, 0.6) is 0 Å². The molecule has 1 saturated heterocycles. The molecule has 0 aromatic carbocycles. The van der Waals surface area contributed by atoms with Crippen molar-refractivity contribution in [1.82, 2.24) is 5.32 Å². The maximum absolute atomic E-state index is 9.22. The normalized spacial score (nSPS) is 31.7. The van der Waals surface area contributed by atoms with E-state index in [-0.39, 0.29) is 12.1 Å². The minimum atomic E-state index is -0.168. The van der Waals surface area contributed by atoms with Crippen molar-refractivity contribution in [3.8, 4) is 0 Å². The van der Waals surface area contributed by atoms with E-state index in [4.69, 9.17) is 0 Å². The molecular formula is C7H9NOS. The molecule has 2 unspecified atom stereocenters. The maximum atomic E-state index is 9.22. The predicted molar refractivity (Wildman–Crippen MR) is 41.1 cm³/mol. The zero-order valence-corrected chi connectivity index (χ0v) is 6.27. The van der Waals surface area contributed by atoms with Crippen LogP contribution < -0.4 is 5.32 Å². The minimum Gasteiger partial charge on any atom is -0.390 e. The molecule has 0 spiro atoms. The van der Waals surface area contributed by atoms with Gasteiger partial charge in [-0.1, -0.05) is 6.07 Å². The second-order valence-electron chi connectivity index (χ2n) is 2.47. The molecule has 10 heavy (non-hydrogen) atoms. The fraction of sp³-hybridized carbons (Fsp3) is 0.429. The number of hydrogen-bond acceptors (Lipinski definition) is 3. The van der Waals surface area contributed by atoms with Crippen molar-refractivity contribution in [2.75, 3.05) is 6.54 Å². The summed E-state index contributed by atoms with van der Waals surface area (Å²) in [5.74, 6) is 0. The van der Waals surface area contributed by atoms with Crippen molar-refractivity contribution in [1.29, 1.82) is 0 Å². The third-order valence-electron chi connectivity index (χ3n) is 1.78. The van der Waals surface area contributed by atoms with Gasteiger partial charge in [0, 0.05) is 11.4 Å². The smallest absolute Gasteiger partial charge is 0.0867 e. The van der Waals surface area contributed by atoms with E-state index in [1.807, 2.05) is 17.5 Å². The summed E-state index contributed by atoms with van der Waals surface area (Å²) in [4.78, 5) is 1.23. The van der Waals surface area contributed by atoms with Crippen molar-refractivity contribution in [3.05, 3.63) is 22.4 Å². The van der Waals surface area contributed by atoms with Crippen molar-refractivity contribution in [2.24, 2.45) is 0 Å². The molecule has 54 valence electrons. The average Bonchev–Trinajstić information content (AvgIpc) is 2.37. The van der Waals surface area contributed by atoms with Gasteiger partial charge in [0.1, 0.15) is 0 Å². The van der Waals surface area contributed by atoms with Gasteiger partial charge in [0.05, 0.1) is 12.1 Å². The number of nitrogens with one attached hydrogen (secondary N) is 1. The highest BCUT2D eigenvalue weighted by atomic mass is 32.1. The lowest BCUT2D eigenvalue weighted by Gasteiger charge is -2.33. The van der Waals surface area contributed by atoms with Crippen LogP contribution in [0.2, 0.25) is 0 Å². The molecular weight excluding hydrogens is 146 g/mol. The van der Waals surface area contributed by atoms with Crippen molar-refractivity contribution < 1.29 is 5.11 Å². The van der Waals surface area contributed by atoms with E-state index in [1.165, 1.54) is 4.88 Å². The summed E-state index contributed by atoms with van der Waals surface area (Å²) in [7, 11) is 0. The molecule has 0 radical (unpaired) electrons. The summed E-state index contributed by atoms with van der Waals surface area (Å²) in [5, 5.41) is 14.4. The Labute approximate surface area is 63.5 Å². The van der Waals surface area contributed by atoms with E-state index >= 15 is 0 Å². The number of rotatable bonds is 1. The first-order chi connectivity index (χ1) is 4.88. The molecule has 1 aliphatic rings. The van der Waals surface area contributed by atoms with Crippen LogP contribution in [0, 0.1) is 0 Å². The van der Waals surface area contributed by atoms with Crippen molar-refractivity contribution >= 4 is 11.3 Å². The first kappa shape index (κ1) is 6.34. The number of hydrogen-bond donors (Lipinski definition) is 2. The van der Waals surface area contributed by atoms with E-state index < -0.39 is 0 Å². The Morgan fingerprint density at radius 2 is 2.60 bits per heavy atom. The highest BCUT2D eigenvalue weighted by Gasteiger charge is 2.29. The van der Waals surface area contributed by atoms with Crippen LogP contribution in [0.25, 0.3) is 0 Å². The topological polar surface area (TPSA) is 32.3 Å². The van der Waals surface area contributed by atoms with Crippen LogP contribution in [-0.2, 0) is 0 Å². The van der Waals surface area contributed by atoms with Gasteiger partial charge in [0.25, 0.3) is 0 Å². The number of β-amino-alcohol motifs (C(OH)–C–C–N with tert-alkyl or cyclic N) is 1. The number of thiophene rings is 1. The van der Waals surface area contributed by atoms with Crippen LogP contribution in [0.3, 0.4) is 0 Å². The van der Waals surface area contributed by atoms with Crippen LogP contribution in [0.15, 0.2) is 17.5 Å². The van der Waals surface area contributed by atoms with Gasteiger partial charge in [0.2, 0.25) is 0 Å². The van der Waals surface area contributed by atoms with Gasteiger partial charge in [0.15, 0.2) is 0 Å². The largest absolute Gasteiger partial charge is 0.390 e. The molecule has 2 heterocycles. The minimum absolute atomic E-state index is 0.168. The first-order valence-electron chi connectivity index (χ1n) is 3.33. The highest BCUT2D eigenvalue weighted by molar-refractivity contribution is 7.10. The Kier molecular flexibility index (Phi) is 1.48. The van der Waals surface area contributed by atoms with Gasteiger partial charge in [-0.25, -0.2) is 0 Å². The van der Waals surface area contributed by atoms with Crippen LogP contribution >= 0.6 is 11.3 Å².